The van der Waals surface area contributed by atoms with Crippen molar-refractivity contribution in [1.29, 1.82) is 0 Å². The summed E-state index contributed by atoms with van der Waals surface area (Å²) in [6.45, 7) is 2.60. The van der Waals surface area contributed by atoms with Crippen molar-refractivity contribution in [2.45, 2.75) is 13.1 Å². The number of nitrogens with one attached hydrogen (secondary N) is 1. The maximum atomic E-state index is 4.28. The molecule has 0 spiro atoms. The van der Waals surface area contributed by atoms with Gasteiger partial charge in [0.25, 0.3) is 0 Å². The van der Waals surface area contributed by atoms with Crippen LogP contribution in [0.3, 0.4) is 0 Å². The summed E-state index contributed by atoms with van der Waals surface area (Å²) in [4.78, 5) is 0. The van der Waals surface area contributed by atoms with Crippen LogP contribution in [0.5, 0.6) is 0 Å². The molecule has 0 aliphatic heterocycles. The molecule has 5 heteroatoms. The van der Waals surface area contributed by atoms with Gasteiger partial charge in [0.15, 0.2) is 0 Å². The van der Waals surface area contributed by atoms with Crippen LogP contribution in [-0.2, 0) is 20.1 Å². The molecule has 5 nitrogen and oxygen atoms in total. The van der Waals surface area contributed by atoms with Crippen molar-refractivity contribution in [2.24, 2.45) is 7.05 Å². The fourth-order valence-electron chi connectivity index (χ4n) is 1.40. The van der Waals surface area contributed by atoms with Gasteiger partial charge in [-0.15, -0.1) is 0 Å². The monoisotopic (exact) mass is 205 g/mol. The van der Waals surface area contributed by atoms with E-state index < -0.39 is 0 Å². The Hall–Kier alpha value is -1.62. The van der Waals surface area contributed by atoms with E-state index in [1.807, 2.05) is 40.9 Å². The van der Waals surface area contributed by atoms with Gasteiger partial charge in [-0.1, -0.05) is 0 Å². The molecule has 2 rings (SSSR count). The van der Waals surface area contributed by atoms with Gasteiger partial charge < -0.3 is 5.32 Å². The molecule has 0 aliphatic rings. The van der Waals surface area contributed by atoms with Gasteiger partial charge in [-0.2, -0.15) is 10.2 Å². The molecule has 0 unspecified atom stereocenters. The first-order chi connectivity index (χ1) is 7.34. The third kappa shape index (κ3) is 2.92. The summed E-state index contributed by atoms with van der Waals surface area (Å²) in [5.41, 5.74) is 1.07. The fraction of sp³-hybridized carbons (Fsp3) is 0.400. The molecule has 0 bridgehead atoms. The van der Waals surface area contributed by atoms with Crippen molar-refractivity contribution in [3.63, 3.8) is 0 Å². The van der Waals surface area contributed by atoms with Crippen LogP contribution in [0.25, 0.3) is 0 Å². The predicted octanol–water partition coefficient (Wildman–Crippen LogP) is 0.406. The van der Waals surface area contributed by atoms with Crippen molar-refractivity contribution < 1.29 is 0 Å². The lowest BCUT2D eigenvalue weighted by Crippen LogP contribution is -2.20. The summed E-state index contributed by atoms with van der Waals surface area (Å²) in [5, 5.41) is 11.7. The average molecular weight is 205 g/mol. The Morgan fingerprint density at radius 2 is 2.33 bits per heavy atom. The van der Waals surface area contributed by atoms with Crippen LogP contribution in [-0.4, -0.2) is 26.1 Å². The third-order valence-corrected chi connectivity index (χ3v) is 2.15. The summed E-state index contributed by atoms with van der Waals surface area (Å²) in [5.74, 6) is 0. The van der Waals surface area contributed by atoms with Crippen molar-refractivity contribution in [2.75, 3.05) is 6.54 Å². The number of hydrogen-bond acceptors (Lipinski definition) is 3. The van der Waals surface area contributed by atoms with E-state index in [-0.39, 0.29) is 0 Å². The first-order valence-corrected chi connectivity index (χ1v) is 5.01. The second-order valence-electron chi connectivity index (χ2n) is 3.43. The van der Waals surface area contributed by atoms with E-state index in [0.29, 0.717) is 0 Å². The number of rotatable bonds is 5. The highest BCUT2D eigenvalue weighted by Gasteiger charge is 1.95. The van der Waals surface area contributed by atoms with E-state index in [4.69, 9.17) is 0 Å². The normalized spacial score (nSPS) is 10.7. The van der Waals surface area contributed by atoms with Gasteiger partial charge in [0, 0.05) is 38.7 Å². The van der Waals surface area contributed by atoms with Gasteiger partial charge in [-0.25, -0.2) is 0 Å². The molecular formula is C10H15N5. The Kier molecular flexibility index (Phi) is 3.14. The Balaban J connectivity index is 1.67. The first-order valence-electron chi connectivity index (χ1n) is 5.01. The lowest BCUT2D eigenvalue weighted by atomic mass is 10.4. The number of hydrogen-bond donors (Lipinski definition) is 1. The van der Waals surface area contributed by atoms with Crippen LogP contribution in [0.4, 0.5) is 0 Å². The third-order valence-electron chi connectivity index (χ3n) is 2.15. The van der Waals surface area contributed by atoms with Crippen molar-refractivity contribution >= 4 is 0 Å². The van der Waals surface area contributed by atoms with Gasteiger partial charge in [0.2, 0.25) is 0 Å². The molecule has 0 aromatic carbocycles. The van der Waals surface area contributed by atoms with Crippen LogP contribution >= 0.6 is 0 Å². The zero-order valence-electron chi connectivity index (χ0n) is 8.80. The van der Waals surface area contributed by atoms with E-state index in [9.17, 15) is 0 Å². The van der Waals surface area contributed by atoms with Crippen molar-refractivity contribution in [3.8, 4) is 0 Å². The Labute approximate surface area is 88.7 Å². The SMILES string of the molecule is Cn1ccc(CNCCn2cccn2)n1. The van der Waals surface area contributed by atoms with E-state index in [0.717, 1.165) is 25.3 Å². The minimum Gasteiger partial charge on any atom is -0.309 e. The molecule has 0 atom stereocenters. The molecule has 0 saturated heterocycles. The van der Waals surface area contributed by atoms with Gasteiger partial charge in [0.1, 0.15) is 0 Å². The molecule has 0 amide bonds. The van der Waals surface area contributed by atoms with Crippen molar-refractivity contribution in [1.82, 2.24) is 24.9 Å². The minimum atomic E-state index is 0.808. The lowest BCUT2D eigenvalue weighted by Gasteiger charge is -2.02. The zero-order chi connectivity index (χ0) is 10.5. The van der Waals surface area contributed by atoms with Crippen LogP contribution in [0.2, 0.25) is 0 Å². The molecule has 2 aromatic rings. The van der Waals surface area contributed by atoms with Gasteiger partial charge >= 0.3 is 0 Å². The van der Waals surface area contributed by atoms with E-state index in [1.54, 1.807) is 6.20 Å². The van der Waals surface area contributed by atoms with Gasteiger partial charge in [-0.05, 0) is 12.1 Å². The molecule has 0 aliphatic carbocycles. The molecule has 0 radical (unpaired) electrons. The van der Waals surface area contributed by atoms with E-state index in [1.165, 1.54) is 0 Å². The number of aryl methyl sites for hydroxylation is 1. The smallest absolute Gasteiger partial charge is 0.0762 e. The van der Waals surface area contributed by atoms with Crippen LogP contribution in [0, 0.1) is 0 Å². The number of aromatic nitrogens is 4. The minimum absolute atomic E-state index is 0.808. The highest BCUT2D eigenvalue weighted by atomic mass is 15.3. The standard InChI is InChI=1S/C10H15N5/c1-14-7-3-10(13-14)9-11-5-8-15-6-2-4-12-15/h2-4,6-7,11H,5,8-9H2,1H3. The van der Waals surface area contributed by atoms with E-state index in [2.05, 4.69) is 15.5 Å². The van der Waals surface area contributed by atoms with Crippen LogP contribution < -0.4 is 5.32 Å². The highest BCUT2D eigenvalue weighted by Crippen LogP contribution is 1.92. The molecular weight excluding hydrogens is 190 g/mol. The zero-order valence-corrected chi connectivity index (χ0v) is 8.80. The molecule has 15 heavy (non-hydrogen) atoms. The summed E-state index contributed by atoms with van der Waals surface area (Å²) in [6, 6.07) is 3.94. The van der Waals surface area contributed by atoms with Gasteiger partial charge in [-0.3, -0.25) is 9.36 Å². The molecule has 2 heterocycles. The molecule has 80 valence electrons. The Morgan fingerprint density at radius 1 is 1.40 bits per heavy atom. The molecule has 0 fully saturated rings. The second-order valence-corrected chi connectivity index (χ2v) is 3.43. The fourth-order valence-corrected chi connectivity index (χ4v) is 1.40. The molecule has 0 saturated carbocycles. The topological polar surface area (TPSA) is 47.7 Å². The summed E-state index contributed by atoms with van der Waals surface area (Å²) < 4.78 is 3.72. The first kappa shape index (κ1) is 9.92. The summed E-state index contributed by atoms with van der Waals surface area (Å²) in [6.07, 6.45) is 5.70. The second kappa shape index (κ2) is 4.75. The molecule has 1 N–H and O–H groups in total. The maximum Gasteiger partial charge on any atom is 0.0762 e. The maximum absolute atomic E-state index is 4.28. The number of nitrogens with zero attached hydrogens (tertiary/aromatic N) is 4. The largest absolute Gasteiger partial charge is 0.309 e. The highest BCUT2D eigenvalue weighted by molar-refractivity contribution is 4.97. The van der Waals surface area contributed by atoms with Gasteiger partial charge in [0.05, 0.1) is 12.2 Å². The predicted molar refractivity (Wildman–Crippen MR) is 57.1 cm³/mol. The average Bonchev–Trinajstić information content (AvgIpc) is 2.84. The van der Waals surface area contributed by atoms with E-state index >= 15 is 0 Å². The summed E-state index contributed by atoms with van der Waals surface area (Å²) >= 11 is 0. The Bertz CT molecular complexity index is 390. The molecule has 2 aromatic heterocycles. The van der Waals surface area contributed by atoms with Crippen LogP contribution in [0.15, 0.2) is 30.7 Å². The Morgan fingerprint density at radius 3 is 3.00 bits per heavy atom. The van der Waals surface area contributed by atoms with Crippen molar-refractivity contribution in [3.05, 3.63) is 36.4 Å². The summed E-state index contributed by atoms with van der Waals surface area (Å²) in [7, 11) is 1.92. The lowest BCUT2D eigenvalue weighted by molar-refractivity contribution is 0.549. The van der Waals surface area contributed by atoms with Crippen LogP contribution in [0.1, 0.15) is 5.69 Å². The quantitative estimate of drug-likeness (QED) is 0.719.